The number of hydrogen-bond acceptors (Lipinski definition) is 27. The summed E-state index contributed by atoms with van der Waals surface area (Å²) in [5.41, 5.74) is 14.3. The lowest BCUT2D eigenvalue weighted by molar-refractivity contribution is -0.142. The van der Waals surface area contributed by atoms with Crippen molar-refractivity contribution in [1.29, 1.82) is 0 Å². The fraction of sp³-hybridized carbons (Fsp3) is 0.380. The van der Waals surface area contributed by atoms with Crippen LogP contribution in [0.1, 0.15) is 140 Å². The topological polar surface area (TPSA) is 334 Å². The van der Waals surface area contributed by atoms with E-state index in [2.05, 4.69) is 155 Å². The largest absolute Gasteiger partial charge is 0.495 e. The zero-order chi connectivity index (χ0) is 98.6. The molecule has 0 atom stereocenters. The predicted octanol–water partition coefficient (Wildman–Crippen LogP) is 16.3. The number of ether oxygens (including phenoxy) is 1. The van der Waals surface area contributed by atoms with Gasteiger partial charge in [0.1, 0.15) is 35.7 Å². The summed E-state index contributed by atoms with van der Waals surface area (Å²) in [4.78, 5) is 79.8. The number of nitrogen functional groups attached to an aromatic ring is 1. The number of benzene rings is 4. The number of imidazole rings is 3. The summed E-state index contributed by atoms with van der Waals surface area (Å²) in [5, 5.41) is 40.6. The Labute approximate surface area is 818 Å². The first kappa shape index (κ1) is 99.9. The molecule has 4 aliphatic rings. The third-order valence-corrected chi connectivity index (χ3v) is 26.5. The molecule has 38 heteroatoms. The van der Waals surface area contributed by atoms with Crippen molar-refractivity contribution in [2.24, 2.45) is 0 Å². The number of anilines is 8. The normalized spacial score (nSPS) is 15.4. The molecule has 722 valence electrons. The highest BCUT2D eigenvalue weighted by molar-refractivity contribution is 9.10. The monoisotopic (exact) mass is 1980 g/mol. The highest BCUT2D eigenvalue weighted by Gasteiger charge is 2.52. The van der Waals surface area contributed by atoms with E-state index in [0.717, 1.165) is 132 Å². The van der Waals surface area contributed by atoms with Crippen molar-refractivity contribution in [2.45, 2.75) is 171 Å². The first-order valence-electron chi connectivity index (χ1n) is 46.1. The molecule has 0 saturated carbocycles. The fourth-order valence-corrected chi connectivity index (χ4v) is 17.8. The van der Waals surface area contributed by atoms with Crippen LogP contribution >= 0.6 is 39.1 Å². The van der Waals surface area contributed by atoms with Crippen LogP contribution in [-0.4, -0.2) is 219 Å². The SMILES string of the molecule is CC(=O)OCc1c(B2OC(C)(C)C(C)(C)O2)cccc1-n1ncc2cc(C(C)(C)C)cc(F)c2c1=O.CC(C)N1CCN(c2ccc(N)nc2)CC1.CC(C)N1CCN(c2ccc(Nc3cc(-c4cccc(-n5ncc6cc(C(C)(C)C)cc(F)c6c5=O)c4CO)nn4ccnc34)nc2)CC1.CC(C)N1CCN(c2ccc(Nc3cc(Cl)nn4ccnc34)nc2)CC1.Clc1cc(Br)c2nccn2n1. The van der Waals surface area contributed by atoms with Gasteiger partial charge in [0, 0.05) is 174 Å². The molecular weight excluding hydrogens is 1860 g/mol. The second-order valence-corrected chi connectivity index (χ2v) is 39.9. The summed E-state index contributed by atoms with van der Waals surface area (Å²) in [7, 11) is -0.761. The zero-order valence-corrected chi connectivity index (χ0v) is 83.8. The van der Waals surface area contributed by atoms with Gasteiger partial charge in [0.25, 0.3) is 11.1 Å². The number of nitrogens with zero attached hydrogens (tertiary/aromatic N) is 22. The molecule has 138 heavy (non-hydrogen) atoms. The van der Waals surface area contributed by atoms with E-state index >= 15 is 8.78 Å². The number of halogens is 5. The van der Waals surface area contributed by atoms with E-state index in [-0.39, 0.29) is 28.2 Å². The van der Waals surface area contributed by atoms with Gasteiger partial charge in [0.05, 0.1) is 110 Å². The van der Waals surface area contributed by atoms with E-state index in [9.17, 15) is 19.5 Å². The summed E-state index contributed by atoms with van der Waals surface area (Å²) < 4.78 is 56.5. The number of rotatable bonds is 17. The van der Waals surface area contributed by atoms with Crippen LogP contribution in [0.4, 0.5) is 54.7 Å². The Balaban J connectivity index is 0.000000142. The molecule has 15 heterocycles. The van der Waals surface area contributed by atoms with E-state index in [1.54, 1.807) is 105 Å². The average Bonchev–Trinajstić information content (AvgIpc) is 1.38. The smallest absolute Gasteiger partial charge is 0.461 e. The molecule has 0 unspecified atom stereocenters. The van der Waals surface area contributed by atoms with Gasteiger partial charge >= 0.3 is 13.1 Å². The van der Waals surface area contributed by atoms with Gasteiger partial charge in [-0.15, -0.1) is 0 Å². The highest BCUT2D eigenvalue weighted by atomic mass is 79.9. The summed E-state index contributed by atoms with van der Waals surface area (Å²) in [5.74, 6) is 0.285. The summed E-state index contributed by atoms with van der Waals surface area (Å²) in [6.07, 6.45) is 18.9. The van der Waals surface area contributed by atoms with E-state index < -0.39 is 53.6 Å². The number of pyridine rings is 3. The maximum absolute atomic E-state index is 15.4. The van der Waals surface area contributed by atoms with Gasteiger partial charge in [0.2, 0.25) is 0 Å². The lowest BCUT2D eigenvalue weighted by atomic mass is 9.75. The number of fused-ring (bicyclic) bond motifs is 5. The lowest BCUT2D eigenvalue weighted by Crippen LogP contribution is -2.48. The molecule has 0 radical (unpaired) electrons. The van der Waals surface area contributed by atoms with E-state index in [1.807, 2.05) is 124 Å². The maximum Gasteiger partial charge on any atom is 0.495 e. The molecule has 4 saturated heterocycles. The Kier molecular flexibility index (Phi) is 30.4. The number of carbonyl (C=O) groups is 1. The second kappa shape index (κ2) is 42.0. The molecule has 4 aromatic carbocycles. The molecule has 0 bridgehead atoms. The standard InChI is InChI=1S/C37H40FN9O2.C27H32BFN2O5.C18H22ClN7.C12H20N4.C6H3BrClN3/c1-23(2)44-13-15-45(16-14-44)26-9-10-33(40-21-26)42-31-19-30(43-46-12-11-39-35(31)46)27-7-6-8-32(28(27)22-48)47-36(49)34-24(20-41-47)17-25(18-29(34)38)37(3,4)5;1-16(32)34-15-19-20(28-35-26(5,6)27(7,8)36-28)10-9-11-22(19)31-24(33)23-17(14-30-31)12-18(13-21(23)29)25(2,3)4;1-13(2)24-7-9-25(10-8-24)14-3-4-17(21-12-14)22-15-11-16(19)23-26-6-5-20-18(15)26;1-10(2)15-5-7-16(8-6-15)11-3-4-12(13)14-9-11;7-4-3-5(8)10-11-2-1-9-6(4)11/h6-12,17-21,23,48H,13-16,22H2,1-5H3,(H,40,42);9-14H,15H2,1-8H3;3-6,11-13H,7-10H2,1-2H3,(H,21,22);3-4,9-10H,5-8H2,1-2H3,(H2,13,14);1-3H. The zero-order valence-electron chi connectivity index (χ0n) is 80.7. The predicted molar refractivity (Wildman–Crippen MR) is 545 cm³/mol. The van der Waals surface area contributed by atoms with Gasteiger partial charge in [-0.3, -0.25) is 29.1 Å². The quantitative estimate of drug-likeness (QED) is 0.0486. The Hall–Kier alpha value is -12.5. The van der Waals surface area contributed by atoms with Crippen molar-refractivity contribution < 1.29 is 32.7 Å². The third kappa shape index (κ3) is 22.7. The number of aliphatic hydroxyl groups excluding tert-OH is 1. The van der Waals surface area contributed by atoms with E-state index in [0.29, 0.717) is 107 Å². The first-order valence-corrected chi connectivity index (χ1v) is 47.7. The van der Waals surface area contributed by atoms with Crippen LogP contribution in [-0.2, 0) is 42.9 Å². The third-order valence-electron chi connectivity index (χ3n) is 25.6. The first-order chi connectivity index (χ1) is 65.7. The molecule has 0 spiro atoms. The van der Waals surface area contributed by atoms with Crippen molar-refractivity contribution in [1.82, 2.24) is 93.0 Å². The molecule has 32 nitrogen and oxygen atoms in total. The molecule has 5 N–H and O–H groups in total. The number of aromatic nitrogens is 16. The van der Waals surface area contributed by atoms with Crippen molar-refractivity contribution in [3.63, 3.8) is 0 Å². The van der Waals surface area contributed by atoms with Crippen LogP contribution in [0.25, 0.3) is 61.1 Å². The van der Waals surface area contributed by atoms with Gasteiger partial charge < -0.3 is 50.2 Å². The molecule has 11 aromatic heterocycles. The Morgan fingerprint density at radius 2 is 0.942 bits per heavy atom. The molecular formula is C100H117BBrCl2F2N25O7. The molecule has 0 amide bonds. The van der Waals surface area contributed by atoms with Gasteiger partial charge in [-0.1, -0.05) is 89.0 Å². The van der Waals surface area contributed by atoms with Crippen LogP contribution in [0.3, 0.4) is 0 Å². The van der Waals surface area contributed by atoms with Crippen LogP contribution < -0.4 is 47.6 Å². The van der Waals surface area contributed by atoms with Crippen molar-refractivity contribution >= 4 is 142 Å². The minimum Gasteiger partial charge on any atom is -0.461 e. The van der Waals surface area contributed by atoms with Gasteiger partial charge in [-0.25, -0.2) is 52.2 Å². The second-order valence-electron chi connectivity index (χ2n) is 38.3. The maximum atomic E-state index is 15.4. The summed E-state index contributed by atoms with van der Waals surface area (Å²) >= 11 is 15.1. The van der Waals surface area contributed by atoms with Crippen LogP contribution in [0.2, 0.25) is 10.3 Å². The van der Waals surface area contributed by atoms with Crippen molar-refractivity contribution in [3.8, 4) is 22.6 Å². The van der Waals surface area contributed by atoms with E-state index in [1.165, 1.54) is 37.1 Å². The molecule has 19 rings (SSSR count). The molecule has 4 fully saturated rings. The van der Waals surface area contributed by atoms with Crippen LogP contribution in [0.5, 0.6) is 0 Å². The molecule has 15 aromatic rings. The lowest BCUT2D eigenvalue weighted by Gasteiger charge is -2.38. The number of piperazine rings is 3. The Morgan fingerprint density at radius 3 is 1.36 bits per heavy atom. The minimum atomic E-state index is -0.761. The van der Waals surface area contributed by atoms with E-state index in [4.69, 9.17) is 53.1 Å². The molecule has 4 aliphatic heterocycles. The van der Waals surface area contributed by atoms with Gasteiger partial charge in [-0.2, -0.15) is 34.9 Å². The Morgan fingerprint density at radius 1 is 0.529 bits per heavy atom. The minimum absolute atomic E-state index is 0.0573. The average molecular weight is 1980 g/mol. The number of hydrogen-bond donors (Lipinski definition) is 4. The summed E-state index contributed by atoms with van der Waals surface area (Å²) in [6.45, 7) is 46.4. The number of esters is 1. The highest BCUT2D eigenvalue weighted by Crippen LogP contribution is 2.39. The number of nitrogens with one attached hydrogen (secondary N) is 2. The van der Waals surface area contributed by atoms with Crippen molar-refractivity contribution in [2.75, 3.05) is 110 Å². The number of nitrogens with two attached hydrogens (primary N) is 1. The molecule has 0 aliphatic carbocycles. The fourth-order valence-electron chi connectivity index (χ4n) is 16.8. The van der Waals surface area contributed by atoms with Crippen molar-refractivity contribution in [3.05, 3.63) is 253 Å². The number of carbonyl (C=O) groups excluding carboxylic acids is 1. The van der Waals surface area contributed by atoms with Gasteiger partial charge in [-0.05, 0) is 198 Å². The number of aliphatic hydroxyl groups is 1. The van der Waals surface area contributed by atoms with Crippen LogP contribution in [0.15, 0.2) is 197 Å². The van der Waals surface area contributed by atoms with Crippen LogP contribution in [0, 0.1) is 11.6 Å². The summed E-state index contributed by atoms with van der Waals surface area (Å²) in [6, 6.07) is 36.0. The van der Waals surface area contributed by atoms with Gasteiger partial charge in [0.15, 0.2) is 27.2 Å². The Bertz CT molecular complexity index is 6970.